The lowest BCUT2D eigenvalue weighted by Gasteiger charge is -2.11. The summed E-state index contributed by atoms with van der Waals surface area (Å²) in [6.07, 6.45) is -4.91. The summed E-state index contributed by atoms with van der Waals surface area (Å²) in [6, 6.07) is 2.85. The Kier molecular flexibility index (Phi) is 4.60. The number of rotatable bonds is 4. The van der Waals surface area contributed by atoms with Crippen LogP contribution < -0.4 is 4.72 Å². The van der Waals surface area contributed by atoms with Crippen molar-refractivity contribution in [3.8, 4) is 0 Å². The number of hydrogen-bond donors (Lipinski definition) is 1. The van der Waals surface area contributed by atoms with E-state index in [0.717, 1.165) is 23.0 Å². The Bertz CT molecular complexity index is 876. The van der Waals surface area contributed by atoms with Crippen LogP contribution in [0.1, 0.15) is 16.7 Å². The highest BCUT2D eigenvalue weighted by Gasteiger charge is 2.31. The van der Waals surface area contributed by atoms with E-state index in [1.54, 1.807) is 4.72 Å². The van der Waals surface area contributed by atoms with Gasteiger partial charge in [0.1, 0.15) is 0 Å². The van der Waals surface area contributed by atoms with Gasteiger partial charge in [0, 0.05) is 0 Å². The van der Waals surface area contributed by atoms with Gasteiger partial charge in [-0.05, 0) is 35.4 Å². The van der Waals surface area contributed by atoms with Gasteiger partial charge in [-0.25, -0.2) is 4.72 Å². The monoisotopic (exact) mass is 363 g/mol. The van der Waals surface area contributed by atoms with E-state index in [1.807, 2.05) is 0 Å². The Hall–Kier alpha value is -2.50. The fourth-order valence-corrected chi connectivity index (χ4v) is 2.68. The second-order valence-electron chi connectivity index (χ2n) is 4.91. The van der Waals surface area contributed by atoms with Crippen LogP contribution in [0.4, 0.5) is 13.2 Å². The topological polar surface area (TPSA) is 107 Å². The highest BCUT2D eigenvalue weighted by Crippen LogP contribution is 2.30. The molecule has 0 aliphatic carbocycles. The molecule has 0 saturated carbocycles. The summed E-state index contributed by atoms with van der Waals surface area (Å²) in [5, 5.41) is 9.40. The minimum absolute atomic E-state index is 0.218. The van der Waals surface area contributed by atoms with Crippen molar-refractivity contribution in [2.75, 3.05) is 0 Å². The average Bonchev–Trinajstić information content (AvgIpc) is 2.87. The van der Waals surface area contributed by atoms with Crippen molar-refractivity contribution in [1.82, 2.24) is 24.9 Å². The van der Waals surface area contributed by atoms with Gasteiger partial charge in [-0.2, -0.15) is 26.4 Å². The van der Waals surface area contributed by atoms with E-state index in [-0.39, 0.29) is 11.1 Å². The van der Waals surface area contributed by atoms with E-state index < -0.39 is 39.2 Å². The number of amides is 1. The second kappa shape index (κ2) is 6.19. The molecule has 1 aromatic carbocycles. The van der Waals surface area contributed by atoms with Gasteiger partial charge in [0.05, 0.1) is 19.0 Å². The maximum atomic E-state index is 12.6. The van der Waals surface area contributed by atoms with E-state index >= 15 is 0 Å². The molecule has 0 bridgehead atoms. The van der Waals surface area contributed by atoms with Crippen LogP contribution in [-0.2, 0) is 34.5 Å². The molecule has 0 aliphatic rings. The zero-order valence-corrected chi connectivity index (χ0v) is 13.3. The molecule has 1 heterocycles. The van der Waals surface area contributed by atoms with E-state index in [9.17, 15) is 26.4 Å². The SMILES string of the molecule is Cc1cc(C(F)(F)F)ccc1CC(=O)NS(=O)(=O)c1nnn(C)n1. The lowest BCUT2D eigenvalue weighted by molar-refractivity contribution is -0.137. The van der Waals surface area contributed by atoms with Crippen molar-refractivity contribution in [2.45, 2.75) is 24.7 Å². The quantitative estimate of drug-likeness (QED) is 0.852. The summed E-state index contributed by atoms with van der Waals surface area (Å²) in [6.45, 7) is 1.40. The highest BCUT2D eigenvalue weighted by atomic mass is 32.2. The number of tetrazole rings is 1. The number of benzene rings is 1. The van der Waals surface area contributed by atoms with Crippen molar-refractivity contribution in [3.63, 3.8) is 0 Å². The van der Waals surface area contributed by atoms with Crippen LogP contribution in [0.15, 0.2) is 23.4 Å². The summed E-state index contributed by atoms with van der Waals surface area (Å²) in [4.78, 5) is 12.7. The molecule has 2 aromatic rings. The first kappa shape index (κ1) is 17.8. The normalized spacial score (nSPS) is 12.2. The largest absolute Gasteiger partial charge is 0.416 e. The molecule has 1 aromatic heterocycles. The predicted molar refractivity (Wildman–Crippen MR) is 74.0 cm³/mol. The van der Waals surface area contributed by atoms with Crippen LogP contribution in [0.25, 0.3) is 0 Å². The molecule has 0 radical (unpaired) electrons. The number of sulfonamides is 1. The van der Waals surface area contributed by atoms with Crippen molar-refractivity contribution < 1.29 is 26.4 Å². The van der Waals surface area contributed by atoms with Gasteiger partial charge >= 0.3 is 21.4 Å². The van der Waals surface area contributed by atoms with Crippen LogP contribution in [0.5, 0.6) is 0 Å². The van der Waals surface area contributed by atoms with Gasteiger partial charge < -0.3 is 0 Å². The predicted octanol–water partition coefficient (Wildman–Crippen LogP) is 0.585. The number of aromatic nitrogens is 4. The number of nitrogens with one attached hydrogen (secondary N) is 1. The van der Waals surface area contributed by atoms with Gasteiger partial charge in [-0.15, -0.1) is 5.10 Å². The molecule has 130 valence electrons. The van der Waals surface area contributed by atoms with E-state index in [1.165, 1.54) is 14.0 Å². The standard InChI is InChI=1S/C12H12F3N5O3S/c1-7-5-9(12(13,14)15)4-3-8(7)6-10(21)18-24(22,23)11-16-19-20(2)17-11/h3-5H,6H2,1-2H3,(H,18,21). The van der Waals surface area contributed by atoms with Crippen molar-refractivity contribution in [3.05, 3.63) is 34.9 Å². The maximum absolute atomic E-state index is 12.6. The van der Waals surface area contributed by atoms with Crippen LogP contribution in [0.3, 0.4) is 0 Å². The first-order chi connectivity index (χ1) is 11.0. The Morgan fingerprint density at radius 2 is 2.00 bits per heavy atom. The van der Waals surface area contributed by atoms with Gasteiger partial charge in [0.25, 0.3) is 0 Å². The van der Waals surface area contributed by atoms with Crippen LogP contribution in [0, 0.1) is 6.92 Å². The molecule has 12 heteroatoms. The highest BCUT2D eigenvalue weighted by molar-refractivity contribution is 7.89. The molecule has 0 atom stereocenters. The number of alkyl halides is 3. The fourth-order valence-electron chi connectivity index (χ4n) is 1.85. The van der Waals surface area contributed by atoms with Gasteiger partial charge in [0.2, 0.25) is 5.91 Å². The van der Waals surface area contributed by atoms with Crippen LogP contribution in [0.2, 0.25) is 0 Å². The number of hydrogen-bond acceptors (Lipinski definition) is 6. The number of carbonyl (C=O) groups is 1. The minimum atomic E-state index is -4.49. The molecule has 0 spiro atoms. The second-order valence-corrected chi connectivity index (χ2v) is 6.48. The zero-order chi connectivity index (χ0) is 18.1. The third kappa shape index (κ3) is 4.07. The number of aryl methyl sites for hydroxylation is 2. The fraction of sp³-hybridized carbons (Fsp3) is 0.333. The lowest BCUT2D eigenvalue weighted by atomic mass is 10.0. The van der Waals surface area contributed by atoms with E-state index in [4.69, 9.17) is 0 Å². The maximum Gasteiger partial charge on any atom is 0.416 e. The lowest BCUT2D eigenvalue weighted by Crippen LogP contribution is -2.32. The summed E-state index contributed by atoms with van der Waals surface area (Å²) in [5.74, 6) is -0.926. The molecule has 1 N–H and O–H groups in total. The molecule has 8 nitrogen and oxygen atoms in total. The average molecular weight is 363 g/mol. The summed E-state index contributed by atoms with van der Waals surface area (Å²) in [7, 11) is -2.94. The molecule has 0 unspecified atom stereocenters. The molecule has 2 rings (SSSR count). The minimum Gasteiger partial charge on any atom is -0.274 e. The first-order valence-electron chi connectivity index (χ1n) is 6.45. The third-order valence-corrected chi connectivity index (χ3v) is 4.14. The van der Waals surface area contributed by atoms with Crippen LogP contribution >= 0.6 is 0 Å². The van der Waals surface area contributed by atoms with E-state index in [0.29, 0.717) is 0 Å². The molecule has 0 aliphatic heterocycles. The number of nitrogens with zero attached hydrogens (tertiary/aromatic N) is 4. The Morgan fingerprint density at radius 1 is 1.33 bits per heavy atom. The molecular weight excluding hydrogens is 351 g/mol. The summed E-state index contributed by atoms with van der Waals surface area (Å²) >= 11 is 0. The number of carbonyl (C=O) groups excluding carboxylic acids is 1. The molecule has 0 fully saturated rings. The van der Waals surface area contributed by atoms with Gasteiger partial charge in [-0.1, -0.05) is 11.2 Å². The van der Waals surface area contributed by atoms with Crippen molar-refractivity contribution in [1.29, 1.82) is 0 Å². The van der Waals surface area contributed by atoms with Crippen molar-refractivity contribution in [2.24, 2.45) is 7.05 Å². The molecule has 24 heavy (non-hydrogen) atoms. The summed E-state index contributed by atoms with van der Waals surface area (Å²) in [5.41, 5.74) is -0.363. The van der Waals surface area contributed by atoms with Gasteiger partial charge in [-0.3, -0.25) is 4.79 Å². The Balaban J connectivity index is 2.13. The third-order valence-electron chi connectivity index (χ3n) is 3.00. The molecule has 0 saturated heterocycles. The number of halogens is 3. The molecular formula is C12H12F3N5O3S. The Morgan fingerprint density at radius 3 is 2.50 bits per heavy atom. The van der Waals surface area contributed by atoms with Crippen LogP contribution in [-0.4, -0.2) is 34.5 Å². The van der Waals surface area contributed by atoms with Gasteiger partial charge in [0.15, 0.2) is 0 Å². The van der Waals surface area contributed by atoms with E-state index in [2.05, 4.69) is 15.4 Å². The molecule has 1 amide bonds. The van der Waals surface area contributed by atoms with Crippen molar-refractivity contribution >= 4 is 15.9 Å². The first-order valence-corrected chi connectivity index (χ1v) is 7.94. The smallest absolute Gasteiger partial charge is 0.274 e. The summed E-state index contributed by atoms with van der Waals surface area (Å²) < 4.78 is 63.2. The zero-order valence-electron chi connectivity index (χ0n) is 12.5. The Labute approximate surface area is 134 Å².